The first-order valence-electron chi connectivity index (χ1n) is 6.34. The van der Waals surface area contributed by atoms with Gasteiger partial charge in [0.05, 0.1) is 6.54 Å². The van der Waals surface area contributed by atoms with E-state index in [0.717, 1.165) is 18.7 Å². The van der Waals surface area contributed by atoms with Crippen LogP contribution in [0.3, 0.4) is 0 Å². The summed E-state index contributed by atoms with van der Waals surface area (Å²) in [6.45, 7) is 4.19. The Hall–Kier alpha value is -1.95. The first kappa shape index (κ1) is 12.5. The summed E-state index contributed by atoms with van der Waals surface area (Å²) < 4.78 is 0. The molecule has 1 amide bonds. The molecule has 0 radical (unpaired) electrons. The minimum absolute atomic E-state index is 0.0462. The van der Waals surface area contributed by atoms with Crippen molar-refractivity contribution >= 4 is 11.6 Å². The molecule has 1 saturated heterocycles. The van der Waals surface area contributed by atoms with Gasteiger partial charge in [0.15, 0.2) is 0 Å². The van der Waals surface area contributed by atoms with Crippen molar-refractivity contribution in [2.45, 2.75) is 19.8 Å². The number of hydrogen-bond acceptors (Lipinski definition) is 2. The number of nitrogens with one attached hydrogen (secondary N) is 1. The fourth-order valence-electron chi connectivity index (χ4n) is 2.07. The Kier molecular flexibility index (Phi) is 4.25. The van der Waals surface area contributed by atoms with E-state index in [1.54, 1.807) is 0 Å². The van der Waals surface area contributed by atoms with Crippen LogP contribution in [0.2, 0.25) is 0 Å². The van der Waals surface area contributed by atoms with Crippen LogP contribution in [0.1, 0.15) is 25.3 Å². The maximum Gasteiger partial charge on any atom is 0.217 e. The lowest BCUT2D eigenvalue weighted by Gasteiger charge is -2.17. The highest BCUT2D eigenvalue weighted by molar-refractivity contribution is 5.73. The molecule has 0 bridgehead atoms. The summed E-state index contributed by atoms with van der Waals surface area (Å²) >= 11 is 0. The Morgan fingerprint density at radius 2 is 2.17 bits per heavy atom. The summed E-state index contributed by atoms with van der Waals surface area (Å²) in [5.74, 6) is 5.98. The number of carbonyl (C=O) groups excluding carboxylic acids is 1. The van der Waals surface area contributed by atoms with E-state index in [-0.39, 0.29) is 5.91 Å². The van der Waals surface area contributed by atoms with Crippen molar-refractivity contribution < 1.29 is 4.79 Å². The molecule has 1 aromatic rings. The lowest BCUT2D eigenvalue weighted by molar-refractivity contribution is -0.118. The molecule has 1 heterocycles. The van der Waals surface area contributed by atoms with Crippen molar-refractivity contribution in [2.24, 2.45) is 0 Å². The molecule has 18 heavy (non-hydrogen) atoms. The highest BCUT2D eigenvalue weighted by Gasteiger charge is 2.11. The monoisotopic (exact) mass is 242 g/mol. The second-order valence-electron chi connectivity index (χ2n) is 4.46. The zero-order valence-electron chi connectivity index (χ0n) is 10.7. The Morgan fingerprint density at radius 1 is 1.39 bits per heavy atom. The van der Waals surface area contributed by atoms with Crippen LogP contribution < -0.4 is 10.2 Å². The first-order chi connectivity index (χ1) is 8.75. The quantitative estimate of drug-likeness (QED) is 0.802. The largest absolute Gasteiger partial charge is 0.371 e. The molecule has 1 fully saturated rings. The van der Waals surface area contributed by atoms with E-state index in [1.165, 1.54) is 25.5 Å². The van der Waals surface area contributed by atoms with Gasteiger partial charge in [-0.1, -0.05) is 17.9 Å². The van der Waals surface area contributed by atoms with Gasteiger partial charge in [-0.25, -0.2) is 0 Å². The maximum atomic E-state index is 10.7. The minimum Gasteiger partial charge on any atom is -0.371 e. The van der Waals surface area contributed by atoms with Gasteiger partial charge in [-0.15, -0.1) is 0 Å². The standard InChI is InChI=1S/C15H18N2O/c1-13(18)16-9-5-7-14-6-4-8-15(12-14)17-10-2-3-11-17/h4,6,8,12H,2-3,9-11H2,1H3,(H,16,18). The number of hydrogen-bond donors (Lipinski definition) is 1. The number of carbonyl (C=O) groups is 1. The molecule has 1 N–H and O–H groups in total. The number of benzene rings is 1. The molecule has 94 valence electrons. The molecule has 3 nitrogen and oxygen atoms in total. The summed E-state index contributed by atoms with van der Waals surface area (Å²) in [5, 5.41) is 2.66. The van der Waals surface area contributed by atoms with Crippen LogP contribution in [-0.4, -0.2) is 25.5 Å². The van der Waals surface area contributed by atoms with E-state index in [9.17, 15) is 4.79 Å². The Bertz CT molecular complexity index is 479. The predicted octanol–water partition coefficient (Wildman–Crippen LogP) is 1.77. The van der Waals surface area contributed by atoms with Crippen LogP contribution >= 0.6 is 0 Å². The Labute approximate surface area is 108 Å². The van der Waals surface area contributed by atoms with Gasteiger partial charge in [-0.2, -0.15) is 0 Å². The number of rotatable bonds is 2. The highest BCUT2D eigenvalue weighted by Crippen LogP contribution is 2.20. The second-order valence-corrected chi connectivity index (χ2v) is 4.46. The van der Waals surface area contributed by atoms with Crippen LogP contribution in [0.5, 0.6) is 0 Å². The van der Waals surface area contributed by atoms with Gasteiger partial charge in [-0.05, 0) is 31.0 Å². The van der Waals surface area contributed by atoms with Crippen molar-refractivity contribution in [1.29, 1.82) is 0 Å². The van der Waals surface area contributed by atoms with E-state index in [0.29, 0.717) is 6.54 Å². The van der Waals surface area contributed by atoms with Crippen molar-refractivity contribution in [3.05, 3.63) is 29.8 Å². The SMILES string of the molecule is CC(=O)NCC#Cc1cccc(N2CCCC2)c1. The van der Waals surface area contributed by atoms with Crippen LogP contribution in [0.15, 0.2) is 24.3 Å². The summed E-state index contributed by atoms with van der Waals surface area (Å²) in [6, 6.07) is 8.28. The van der Waals surface area contributed by atoms with Gasteiger partial charge < -0.3 is 10.2 Å². The first-order valence-corrected chi connectivity index (χ1v) is 6.34. The zero-order valence-corrected chi connectivity index (χ0v) is 10.7. The van der Waals surface area contributed by atoms with Gasteiger partial charge in [-0.3, -0.25) is 4.79 Å². The van der Waals surface area contributed by atoms with Crippen LogP contribution in [0, 0.1) is 11.8 Å². The van der Waals surface area contributed by atoms with Crippen LogP contribution in [-0.2, 0) is 4.79 Å². The van der Waals surface area contributed by atoms with Crippen LogP contribution in [0.4, 0.5) is 5.69 Å². The molecule has 1 aliphatic heterocycles. The summed E-state index contributed by atoms with van der Waals surface area (Å²) in [6.07, 6.45) is 2.55. The highest BCUT2D eigenvalue weighted by atomic mass is 16.1. The van der Waals surface area contributed by atoms with E-state index >= 15 is 0 Å². The smallest absolute Gasteiger partial charge is 0.217 e. The lowest BCUT2D eigenvalue weighted by atomic mass is 10.2. The Morgan fingerprint density at radius 3 is 2.89 bits per heavy atom. The lowest BCUT2D eigenvalue weighted by Crippen LogP contribution is -2.19. The fourth-order valence-corrected chi connectivity index (χ4v) is 2.07. The number of amides is 1. The summed E-state index contributed by atoms with van der Waals surface area (Å²) in [7, 11) is 0. The maximum absolute atomic E-state index is 10.7. The van der Waals surface area contributed by atoms with Crippen molar-refractivity contribution in [1.82, 2.24) is 5.32 Å². The Balaban J connectivity index is 2.00. The molecule has 1 aromatic carbocycles. The predicted molar refractivity (Wildman–Crippen MR) is 73.5 cm³/mol. The zero-order chi connectivity index (χ0) is 12.8. The fraction of sp³-hybridized carbons (Fsp3) is 0.400. The molecular weight excluding hydrogens is 224 g/mol. The van der Waals surface area contributed by atoms with E-state index in [4.69, 9.17) is 0 Å². The molecule has 0 aliphatic carbocycles. The topological polar surface area (TPSA) is 32.3 Å². The second kappa shape index (κ2) is 6.11. The molecule has 1 aliphatic rings. The van der Waals surface area contributed by atoms with E-state index in [2.05, 4.69) is 34.2 Å². The summed E-state index contributed by atoms with van der Waals surface area (Å²) in [4.78, 5) is 13.1. The molecular formula is C15H18N2O. The molecule has 0 spiro atoms. The van der Waals surface area contributed by atoms with E-state index < -0.39 is 0 Å². The third kappa shape index (κ3) is 3.53. The van der Waals surface area contributed by atoms with Crippen LogP contribution in [0.25, 0.3) is 0 Å². The molecule has 0 unspecified atom stereocenters. The van der Waals surface area contributed by atoms with Crippen molar-refractivity contribution in [3.63, 3.8) is 0 Å². The molecule has 0 saturated carbocycles. The summed E-state index contributed by atoms with van der Waals surface area (Å²) in [5.41, 5.74) is 2.25. The molecule has 3 heteroatoms. The van der Waals surface area contributed by atoms with Crippen molar-refractivity contribution in [2.75, 3.05) is 24.5 Å². The van der Waals surface area contributed by atoms with Gasteiger partial charge in [0, 0.05) is 31.3 Å². The number of nitrogens with zero attached hydrogens (tertiary/aromatic N) is 1. The van der Waals surface area contributed by atoms with E-state index in [1.807, 2.05) is 12.1 Å². The van der Waals surface area contributed by atoms with Gasteiger partial charge in [0.25, 0.3) is 0 Å². The number of anilines is 1. The average molecular weight is 242 g/mol. The van der Waals surface area contributed by atoms with Gasteiger partial charge >= 0.3 is 0 Å². The molecule has 2 rings (SSSR count). The third-order valence-corrected chi connectivity index (χ3v) is 2.98. The molecule has 0 atom stereocenters. The normalized spacial score (nSPS) is 13.9. The molecule has 0 aromatic heterocycles. The van der Waals surface area contributed by atoms with Gasteiger partial charge in [0.2, 0.25) is 5.91 Å². The van der Waals surface area contributed by atoms with Gasteiger partial charge in [0.1, 0.15) is 0 Å². The minimum atomic E-state index is -0.0462. The third-order valence-electron chi connectivity index (χ3n) is 2.98. The van der Waals surface area contributed by atoms with Crippen molar-refractivity contribution in [3.8, 4) is 11.8 Å². The average Bonchev–Trinajstić information content (AvgIpc) is 2.89.